The van der Waals surface area contributed by atoms with Crippen molar-refractivity contribution in [3.63, 3.8) is 0 Å². The van der Waals surface area contributed by atoms with Crippen molar-refractivity contribution in [2.24, 2.45) is 0 Å². The van der Waals surface area contributed by atoms with Crippen LogP contribution in [0.4, 0.5) is 0 Å². The largest absolute Gasteiger partial charge is 0.478 e. The number of rotatable bonds is 3. The summed E-state index contributed by atoms with van der Waals surface area (Å²) >= 11 is 0. The summed E-state index contributed by atoms with van der Waals surface area (Å²) in [6.45, 7) is 3.86. The highest BCUT2D eigenvalue weighted by Crippen LogP contribution is 2.20. The maximum Gasteiger partial charge on any atom is 0.339 e. The van der Waals surface area contributed by atoms with Crippen molar-refractivity contribution >= 4 is 5.97 Å². The maximum atomic E-state index is 11.1. The van der Waals surface area contributed by atoms with Crippen molar-refractivity contribution < 1.29 is 9.90 Å². The lowest BCUT2D eigenvalue weighted by Gasteiger charge is -2.03. The molecule has 0 aliphatic heterocycles. The normalized spacial score (nSPS) is 10.8. The molecule has 0 aliphatic rings. The molecule has 0 aromatic carbocycles. The monoisotopic (exact) mass is 232 g/mol. The summed E-state index contributed by atoms with van der Waals surface area (Å²) in [6.07, 6.45) is 6.05. The van der Waals surface area contributed by atoms with Gasteiger partial charge < -0.3 is 5.11 Å². The van der Waals surface area contributed by atoms with Gasteiger partial charge in [-0.1, -0.05) is 0 Å². The third-order valence-corrected chi connectivity index (χ3v) is 2.30. The minimum absolute atomic E-state index is 0.0959. The second-order valence-corrected chi connectivity index (χ2v) is 3.86. The number of aromatic nitrogens is 4. The summed E-state index contributed by atoms with van der Waals surface area (Å²) in [5.74, 6) is -1.02. The van der Waals surface area contributed by atoms with Gasteiger partial charge in [0.05, 0.1) is 6.20 Å². The molecule has 2 aromatic rings. The molecule has 0 saturated carbocycles. The lowest BCUT2D eigenvalue weighted by atomic mass is 10.2. The summed E-state index contributed by atoms with van der Waals surface area (Å²) < 4.78 is 1.60. The molecule has 0 fully saturated rings. The average molecular weight is 232 g/mol. The van der Waals surface area contributed by atoms with Crippen LogP contribution < -0.4 is 0 Å². The topological polar surface area (TPSA) is 80.9 Å². The molecule has 0 aliphatic carbocycles. The summed E-state index contributed by atoms with van der Waals surface area (Å²) in [5.41, 5.74) is 0.947. The molecule has 0 atom stereocenters. The van der Waals surface area contributed by atoms with Gasteiger partial charge in [-0.25, -0.2) is 4.79 Å². The number of carboxylic acid groups (broad SMARTS) is 1. The Balaban J connectivity index is 2.56. The van der Waals surface area contributed by atoms with Crippen molar-refractivity contribution in [2.45, 2.75) is 19.9 Å². The molecule has 2 heterocycles. The van der Waals surface area contributed by atoms with E-state index in [4.69, 9.17) is 5.11 Å². The minimum atomic E-state index is -1.02. The van der Waals surface area contributed by atoms with Gasteiger partial charge in [0, 0.05) is 24.6 Å². The number of nitrogens with zero attached hydrogens (tertiary/aromatic N) is 4. The van der Waals surface area contributed by atoms with Crippen LogP contribution in [0.3, 0.4) is 0 Å². The smallest absolute Gasteiger partial charge is 0.339 e. The highest BCUT2D eigenvalue weighted by atomic mass is 16.4. The van der Waals surface area contributed by atoms with Gasteiger partial charge in [0.15, 0.2) is 0 Å². The van der Waals surface area contributed by atoms with Crippen LogP contribution >= 0.6 is 0 Å². The lowest BCUT2D eigenvalue weighted by Crippen LogP contribution is -2.01. The van der Waals surface area contributed by atoms with E-state index >= 15 is 0 Å². The molecule has 0 spiro atoms. The number of aromatic carboxylic acids is 1. The third-order valence-electron chi connectivity index (χ3n) is 2.30. The van der Waals surface area contributed by atoms with Gasteiger partial charge in [0.2, 0.25) is 0 Å². The van der Waals surface area contributed by atoms with E-state index in [1.54, 1.807) is 4.68 Å². The van der Waals surface area contributed by atoms with E-state index in [-0.39, 0.29) is 11.6 Å². The van der Waals surface area contributed by atoms with E-state index < -0.39 is 5.97 Å². The molecule has 1 N–H and O–H groups in total. The molecule has 0 amide bonds. The first-order valence-corrected chi connectivity index (χ1v) is 5.18. The zero-order valence-electron chi connectivity index (χ0n) is 9.53. The fraction of sp³-hybridized carbons (Fsp3) is 0.273. The van der Waals surface area contributed by atoms with Crippen molar-refractivity contribution in [1.29, 1.82) is 0 Å². The summed E-state index contributed by atoms with van der Waals surface area (Å²) in [4.78, 5) is 19.1. The van der Waals surface area contributed by atoms with Gasteiger partial charge in [0.1, 0.15) is 17.0 Å². The van der Waals surface area contributed by atoms with Crippen LogP contribution in [-0.2, 0) is 0 Å². The molecule has 6 heteroatoms. The Kier molecular flexibility index (Phi) is 2.86. The maximum absolute atomic E-state index is 11.1. The van der Waals surface area contributed by atoms with E-state index in [0.29, 0.717) is 11.4 Å². The zero-order valence-corrected chi connectivity index (χ0v) is 9.53. The Morgan fingerprint density at radius 2 is 2.18 bits per heavy atom. The van der Waals surface area contributed by atoms with E-state index in [1.807, 2.05) is 13.8 Å². The van der Waals surface area contributed by atoms with Gasteiger partial charge >= 0.3 is 5.97 Å². The highest BCUT2D eigenvalue weighted by molar-refractivity contribution is 5.93. The fourth-order valence-corrected chi connectivity index (χ4v) is 1.42. The quantitative estimate of drug-likeness (QED) is 0.869. The van der Waals surface area contributed by atoms with E-state index in [0.717, 1.165) is 0 Å². The fourth-order valence-electron chi connectivity index (χ4n) is 1.42. The van der Waals surface area contributed by atoms with Crippen LogP contribution in [-0.4, -0.2) is 30.8 Å². The van der Waals surface area contributed by atoms with Crippen molar-refractivity contribution in [1.82, 2.24) is 19.7 Å². The van der Waals surface area contributed by atoms with Crippen molar-refractivity contribution in [3.8, 4) is 11.4 Å². The van der Waals surface area contributed by atoms with Crippen molar-refractivity contribution in [2.75, 3.05) is 0 Å². The standard InChI is InChI=1S/C11H12N4O2/c1-7(2)15-6-8(11(16)17)10(14-15)9-5-12-3-4-13-9/h3-7H,1-2H3,(H,16,17). The average Bonchev–Trinajstić information content (AvgIpc) is 2.75. The Morgan fingerprint density at radius 3 is 2.71 bits per heavy atom. The summed E-state index contributed by atoms with van der Waals surface area (Å²) in [5, 5.41) is 13.4. The first-order chi connectivity index (χ1) is 8.09. The molecule has 0 bridgehead atoms. The Morgan fingerprint density at radius 1 is 1.41 bits per heavy atom. The highest BCUT2D eigenvalue weighted by Gasteiger charge is 2.18. The Hall–Kier alpha value is -2.24. The molecule has 6 nitrogen and oxygen atoms in total. The van der Waals surface area contributed by atoms with Gasteiger partial charge in [-0.2, -0.15) is 5.10 Å². The lowest BCUT2D eigenvalue weighted by molar-refractivity contribution is 0.0697. The number of carboxylic acids is 1. The van der Waals surface area contributed by atoms with Crippen LogP contribution in [0.2, 0.25) is 0 Å². The predicted octanol–water partition coefficient (Wildman–Crippen LogP) is 1.62. The first-order valence-electron chi connectivity index (χ1n) is 5.18. The second-order valence-electron chi connectivity index (χ2n) is 3.86. The molecule has 2 rings (SSSR count). The summed E-state index contributed by atoms with van der Waals surface area (Å²) in [7, 11) is 0. The number of hydrogen-bond acceptors (Lipinski definition) is 4. The van der Waals surface area contributed by atoms with E-state index in [9.17, 15) is 4.79 Å². The first kappa shape index (κ1) is 11.3. The molecule has 0 saturated heterocycles. The molecular weight excluding hydrogens is 220 g/mol. The van der Waals surface area contributed by atoms with Crippen LogP contribution in [0, 0.1) is 0 Å². The Bertz CT molecular complexity index is 534. The van der Waals surface area contributed by atoms with E-state index in [2.05, 4.69) is 15.1 Å². The van der Waals surface area contributed by atoms with Crippen LogP contribution in [0.15, 0.2) is 24.8 Å². The van der Waals surface area contributed by atoms with Crippen molar-refractivity contribution in [3.05, 3.63) is 30.4 Å². The second kappa shape index (κ2) is 4.32. The molecule has 88 valence electrons. The Labute approximate surface area is 98.0 Å². The van der Waals surface area contributed by atoms with Gasteiger partial charge in [0.25, 0.3) is 0 Å². The summed E-state index contributed by atoms with van der Waals surface area (Å²) in [6, 6.07) is 0.0959. The molecule has 17 heavy (non-hydrogen) atoms. The molecule has 2 aromatic heterocycles. The number of hydrogen-bond donors (Lipinski definition) is 1. The van der Waals surface area contributed by atoms with Crippen LogP contribution in [0.25, 0.3) is 11.4 Å². The molecule has 0 radical (unpaired) electrons. The van der Waals surface area contributed by atoms with Gasteiger partial charge in [-0.3, -0.25) is 14.6 Å². The minimum Gasteiger partial charge on any atom is -0.478 e. The molecular formula is C11H12N4O2. The third kappa shape index (κ3) is 2.15. The van der Waals surface area contributed by atoms with Gasteiger partial charge in [-0.15, -0.1) is 0 Å². The number of carbonyl (C=O) groups is 1. The molecule has 0 unspecified atom stereocenters. The predicted molar refractivity (Wildman–Crippen MR) is 60.6 cm³/mol. The van der Waals surface area contributed by atoms with Crippen LogP contribution in [0.5, 0.6) is 0 Å². The van der Waals surface area contributed by atoms with Crippen LogP contribution in [0.1, 0.15) is 30.2 Å². The SMILES string of the molecule is CC(C)n1cc(C(=O)O)c(-c2cnccn2)n1. The zero-order chi connectivity index (χ0) is 12.4. The van der Waals surface area contributed by atoms with Gasteiger partial charge in [-0.05, 0) is 13.8 Å². The van der Waals surface area contributed by atoms with E-state index in [1.165, 1.54) is 24.8 Å².